The molecule has 0 saturated heterocycles. The molecule has 0 radical (unpaired) electrons. The fourth-order valence-electron chi connectivity index (χ4n) is 3.13. The molecule has 3 rings (SSSR count). The van der Waals surface area contributed by atoms with Crippen LogP contribution in [0, 0.1) is 5.82 Å². The topological polar surface area (TPSA) is 116 Å². The molecule has 202 valence electrons. The molecule has 0 atom stereocenters. The number of hydrogen-bond donors (Lipinski definition) is 5. The van der Waals surface area contributed by atoms with E-state index in [1.54, 1.807) is 43.9 Å². The number of benzene rings is 2. The normalized spacial score (nSPS) is 11.5. The van der Waals surface area contributed by atoms with E-state index in [1.165, 1.54) is 36.4 Å². The lowest BCUT2D eigenvalue weighted by atomic mass is 10.1. The highest BCUT2D eigenvalue weighted by Gasteiger charge is 2.20. The van der Waals surface area contributed by atoms with Crippen LogP contribution in [-0.2, 0) is 6.54 Å². The zero-order chi connectivity index (χ0) is 28.1. The van der Waals surface area contributed by atoms with Gasteiger partial charge in [0.05, 0.1) is 5.69 Å². The molecule has 6 N–H and O–H groups in total. The number of anilines is 3. The summed E-state index contributed by atoms with van der Waals surface area (Å²) in [6, 6.07) is 8.55. The van der Waals surface area contributed by atoms with Gasteiger partial charge in [-0.15, -0.1) is 0 Å². The highest BCUT2D eigenvalue weighted by Crippen LogP contribution is 2.22. The molecule has 0 aliphatic heterocycles. The monoisotopic (exact) mass is 527 g/mol. The molecule has 0 saturated carbocycles. The number of carbonyl (C=O) groups is 1. The van der Waals surface area contributed by atoms with Crippen molar-refractivity contribution in [2.45, 2.75) is 19.5 Å². The number of carbonyl (C=O) groups excluding carboxylic acids is 1. The van der Waals surface area contributed by atoms with Gasteiger partial charge in [0, 0.05) is 72.9 Å². The first kappa shape index (κ1) is 29.8. The summed E-state index contributed by atoms with van der Waals surface area (Å²) in [6.07, 6.45) is 6.37. The molecule has 0 spiro atoms. The number of rotatable bonds is 9. The molecule has 3 aromatic rings. The predicted octanol–water partition coefficient (Wildman–Crippen LogP) is 4.95. The van der Waals surface area contributed by atoms with E-state index in [9.17, 15) is 18.0 Å². The van der Waals surface area contributed by atoms with Gasteiger partial charge >= 0.3 is 6.05 Å². The Kier molecular flexibility index (Phi) is 11.3. The van der Waals surface area contributed by atoms with Crippen LogP contribution >= 0.6 is 0 Å². The second-order valence-electron chi connectivity index (χ2n) is 8.20. The summed E-state index contributed by atoms with van der Waals surface area (Å²) in [7, 11) is 5.38. The van der Waals surface area contributed by atoms with Crippen LogP contribution in [0.3, 0.4) is 0 Å². The number of aromatic nitrogens is 1. The van der Waals surface area contributed by atoms with Crippen LogP contribution in [0.2, 0.25) is 0 Å². The Labute approximate surface area is 220 Å². The lowest BCUT2D eigenvalue weighted by Crippen LogP contribution is -2.22. The largest absolute Gasteiger partial charge is 0.398 e. The molecule has 0 unspecified atom stereocenters. The van der Waals surface area contributed by atoms with Gasteiger partial charge in [0.15, 0.2) is 0 Å². The average Bonchev–Trinajstić information content (AvgIpc) is 2.86. The van der Waals surface area contributed by atoms with Crippen molar-refractivity contribution in [2.24, 2.45) is 10.7 Å². The lowest BCUT2D eigenvalue weighted by Gasteiger charge is -2.15. The standard InChI is InChI=1S/C25H25F3N6O.C2H7N/c1-25(27,28)34-20-5-3-4-19(12-20)33-24(35)16-6-7-22(26)17(10-16)14-32-21-11-18(13-31-15-21)23(29)8-9-30-2;1-3-2/h3-13,15,32,34H,14,29H2,1-2H3,(H,33,35);3H,1-2H3/b23-8-,30-9?;. The Morgan fingerprint density at radius 3 is 2.45 bits per heavy atom. The summed E-state index contributed by atoms with van der Waals surface area (Å²) in [6.45, 7) is 0.814. The van der Waals surface area contributed by atoms with Crippen molar-refractivity contribution in [1.82, 2.24) is 10.3 Å². The minimum absolute atomic E-state index is 0.0864. The number of nitrogens with two attached hydrogens (primary N) is 1. The number of nitrogens with one attached hydrogen (secondary N) is 4. The van der Waals surface area contributed by atoms with E-state index in [-0.39, 0.29) is 23.4 Å². The molecular weight excluding hydrogens is 495 g/mol. The summed E-state index contributed by atoms with van der Waals surface area (Å²) in [5, 5.41) is 10.5. The number of aliphatic imine (C=N–C) groups is 1. The van der Waals surface area contributed by atoms with Gasteiger partial charge in [-0.3, -0.25) is 14.8 Å². The molecular formula is C27H32F3N7O. The first-order valence-corrected chi connectivity index (χ1v) is 11.6. The van der Waals surface area contributed by atoms with Crippen LogP contribution in [0.1, 0.15) is 28.4 Å². The van der Waals surface area contributed by atoms with Crippen LogP contribution in [0.5, 0.6) is 0 Å². The third kappa shape index (κ3) is 9.94. The fraction of sp³-hybridized carbons (Fsp3) is 0.222. The number of nitrogens with zero attached hydrogens (tertiary/aromatic N) is 2. The molecule has 2 aromatic carbocycles. The van der Waals surface area contributed by atoms with Crippen molar-refractivity contribution < 1.29 is 18.0 Å². The number of pyridine rings is 1. The summed E-state index contributed by atoms with van der Waals surface area (Å²) in [4.78, 5) is 20.7. The molecule has 0 bridgehead atoms. The minimum atomic E-state index is -3.11. The Balaban J connectivity index is 0.00000161. The van der Waals surface area contributed by atoms with Crippen molar-refractivity contribution in [3.8, 4) is 0 Å². The summed E-state index contributed by atoms with van der Waals surface area (Å²) >= 11 is 0. The highest BCUT2D eigenvalue weighted by molar-refractivity contribution is 6.04. The van der Waals surface area contributed by atoms with Crippen LogP contribution < -0.4 is 27.0 Å². The molecule has 0 aliphatic carbocycles. The predicted molar refractivity (Wildman–Crippen MR) is 148 cm³/mol. The molecule has 1 amide bonds. The zero-order valence-corrected chi connectivity index (χ0v) is 21.6. The van der Waals surface area contributed by atoms with Gasteiger partial charge in [0.25, 0.3) is 5.91 Å². The maximum atomic E-state index is 14.4. The maximum absolute atomic E-state index is 14.4. The summed E-state index contributed by atoms with van der Waals surface area (Å²) in [5.74, 6) is -1.00. The summed E-state index contributed by atoms with van der Waals surface area (Å²) < 4.78 is 40.8. The third-order valence-corrected chi connectivity index (χ3v) is 4.75. The summed E-state index contributed by atoms with van der Waals surface area (Å²) in [5.41, 5.74) is 8.67. The number of allylic oxidation sites excluding steroid dienone is 1. The quantitative estimate of drug-likeness (QED) is 0.199. The smallest absolute Gasteiger partial charge is 0.320 e. The molecule has 1 heterocycles. The Bertz CT molecular complexity index is 1270. The molecule has 1 aromatic heterocycles. The van der Waals surface area contributed by atoms with Gasteiger partial charge in [-0.1, -0.05) is 6.07 Å². The molecule has 11 heteroatoms. The van der Waals surface area contributed by atoms with Gasteiger partial charge in [-0.05, 0) is 62.6 Å². The van der Waals surface area contributed by atoms with Crippen LogP contribution in [0.4, 0.5) is 30.2 Å². The van der Waals surface area contributed by atoms with Gasteiger partial charge < -0.3 is 27.0 Å². The van der Waals surface area contributed by atoms with Gasteiger partial charge in [0.2, 0.25) is 0 Å². The van der Waals surface area contributed by atoms with E-state index in [0.29, 0.717) is 22.6 Å². The van der Waals surface area contributed by atoms with E-state index in [0.717, 1.165) is 6.92 Å². The van der Waals surface area contributed by atoms with E-state index < -0.39 is 17.8 Å². The second-order valence-corrected chi connectivity index (χ2v) is 8.20. The number of hydrogen-bond acceptors (Lipinski definition) is 7. The van der Waals surface area contributed by atoms with Crippen LogP contribution in [-0.4, -0.2) is 44.3 Å². The Morgan fingerprint density at radius 1 is 1.05 bits per heavy atom. The van der Waals surface area contributed by atoms with Crippen molar-refractivity contribution in [2.75, 3.05) is 37.1 Å². The SMILES string of the molecule is CN=C/C=C(\N)c1cncc(NCc2cc(C(=O)Nc3cccc(NC(C)(F)F)c3)ccc2F)c1.CNC. The molecule has 0 aliphatic rings. The fourth-order valence-corrected chi connectivity index (χ4v) is 3.13. The Morgan fingerprint density at radius 2 is 1.76 bits per heavy atom. The number of alkyl halides is 2. The first-order valence-electron chi connectivity index (χ1n) is 11.6. The lowest BCUT2D eigenvalue weighted by molar-refractivity contribution is 0.0543. The van der Waals surface area contributed by atoms with E-state index in [1.807, 2.05) is 19.4 Å². The number of halogens is 3. The molecule has 8 nitrogen and oxygen atoms in total. The van der Waals surface area contributed by atoms with Crippen molar-refractivity contribution in [3.63, 3.8) is 0 Å². The van der Waals surface area contributed by atoms with Gasteiger partial charge in [-0.2, -0.15) is 8.78 Å². The van der Waals surface area contributed by atoms with E-state index in [4.69, 9.17) is 5.73 Å². The number of amides is 1. The second kappa shape index (κ2) is 14.4. The van der Waals surface area contributed by atoms with Crippen molar-refractivity contribution in [1.29, 1.82) is 0 Å². The molecule has 38 heavy (non-hydrogen) atoms. The minimum Gasteiger partial charge on any atom is -0.398 e. The van der Waals surface area contributed by atoms with Crippen LogP contribution in [0.15, 0.2) is 72.0 Å². The zero-order valence-electron chi connectivity index (χ0n) is 21.6. The molecule has 0 fully saturated rings. The Hall–Kier alpha value is -4.38. The average molecular weight is 528 g/mol. The highest BCUT2D eigenvalue weighted by atomic mass is 19.3. The van der Waals surface area contributed by atoms with Crippen LogP contribution in [0.25, 0.3) is 5.70 Å². The van der Waals surface area contributed by atoms with E-state index >= 15 is 0 Å². The first-order chi connectivity index (χ1) is 18.1. The van der Waals surface area contributed by atoms with Crippen molar-refractivity contribution in [3.05, 3.63) is 89.5 Å². The third-order valence-electron chi connectivity index (χ3n) is 4.75. The van der Waals surface area contributed by atoms with E-state index in [2.05, 4.69) is 25.9 Å². The van der Waals surface area contributed by atoms with Gasteiger partial charge in [-0.25, -0.2) is 4.39 Å². The van der Waals surface area contributed by atoms with Gasteiger partial charge in [0.1, 0.15) is 5.82 Å². The maximum Gasteiger partial charge on any atom is 0.320 e. The van der Waals surface area contributed by atoms with Crippen molar-refractivity contribution >= 4 is 34.9 Å².